The molecule has 4 aromatic heterocycles. The number of rotatable bonds is 5. The molecular weight excluding hydrogens is 603 g/mol. The van der Waals surface area contributed by atoms with Gasteiger partial charge < -0.3 is 4.42 Å². The summed E-state index contributed by atoms with van der Waals surface area (Å²) in [6.07, 6.45) is 1.75. The van der Waals surface area contributed by atoms with Crippen molar-refractivity contribution in [1.29, 1.82) is 0 Å². The van der Waals surface area contributed by atoms with Gasteiger partial charge in [0.25, 0.3) is 0 Å². The summed E-state index contributed by atoms with van der Waals surface area (Å²) in [7, 11) is 0. The van der Waals surface area contributed by atoms with Gasteiger partial charge in [-0.05, 0) is 34.4 Å². The first-order valence-corrected chi connectivity index (χ1v) is 14.8. The minimum absolute atomic E-state index is 0.0451. The number of nitrogens with zero attached hydrogens (tertiary/aromatic N) is 6. The first-order valence-electron chi connectivity index (χ1n) is 14.1. The fourth-order valence-electron chi connectivity index (χ4n) is 5.23. The lowest BCUT2D eigenvalue weighted by molar-refractivity contribution is 0.651. The maximum Gasteiger partial charge on any atom is 0.229 e. The monoisotopic (exact) mass is 622 g/mol. The Bertz CT molecular complexity index is 2330. The van der Waals surface area contributed by atoms with Crippen LogP contribution >= 0.6 is 23.2 Å². The third kappa shape index (κ3) is 5.18. The maximum atomic E-state index is 6.23. The van der Waals surface area contributed by atoms with Gasteiger partial charge in [0.15, 0.2) is 28.2 Å². The van der Waals surface area contributed by atoms with Crippen LogP contribution in [0.1, 0.15) is 0 Å². The Balaban J connectivity index is 1.17. The molecule has 214 valence electrons. The lowest BCUT2D eigenvalue weighted by atomic mass is 10.0. The predicted octanol–water partition coefficient (Wildman–Crippen LogP) is 9.60. The van der Waals surface area contributed by atoms with Crippen LogP contribution in [0.15, 0.2) is 126 Å². The Labute approximate surface area is 267 Å². The van der Waals surface area contributed by atoms with Crippen molar-refractivity contribution in [2.45, 2.75) is 0 Å². The zero-order valence-corrected chi connectivity index (χ0v) is 24.9. The average Bonchev–Trinajstić information content (AvgIpc) is 3.47. The molecule has 0 fully saturated rings. The molecule has 0 aliphatic carbocycles. The van der Waals surface area contributed by atoms with Gasteiger partial charge in [0, 0.05) is 28.5 Å². The van der Waals surface area contributed by atoms with Crippen molar-refractivity contribution in [3.05, 3.63) is 132 Å². The van der Waals surface area contributed by atoms with E-state index in [1.165, 1.54) is 0 Å². The van der Waals surface area contributed by atoms with Crippen LogP contribution in [0.4, 0.5) is 0 Å². The van der Waals surface area contributed by atoms with Crippen LogP contribution in [-0.4, -0.2) is 29.9 Å². The molecule has 8 rings (SSSR count). The van der Waals surface area contributed by atoms with E-state index in [-0.39, 0.29) is 10.4 Å². The van der Waals surface area contributed by atoms with Gasteiger partial charge in [-0.3, -0.25) is 0 Å². The highest BCUT2D eigenvalue weighted by Gasteiger charge is 2.17. The summed E-state index contributed by atoms with van der Waals surface area (Å²) in [4.78, 5) is 27.4. The molecule has 0 saturated heterocycles. The van der Waals surface area contributed by atoms with Gasteiger partial charge in [0.2, 0.25) is 11.0 Å². The maximum absolute atomic E-state index is 6.23. The Morgan fingerprint density at radius 1 is 0.467 bits per heavy atom. The van der Waals surface area contributed by atoms with Crippen molar-refractivity contribution < 1.29 is 4.42 Å². The normalized spacial score (nSPS) is 11.3. The smallest absolute Gasteiger partial charge is 0.229 e. The fourth-order valence-corrected chi connectivity index (χ4v) is 5.65. The molecule has 0 aliphatic rings. The number of fused-ring (bicyclic) bond motifs is 3. The summed E-state index contributed by atoms with van der Waals surface area (Å²) in [6, 6.07) is 38.4. The summed E-state index contributed by atoms with van der Waals surface area (Å²) < 4.78 is 5.78. The molecule has 45 heavy (non-hydrogen) atoms. The third-order valence-electron chi connectivity index (χ3n) is 7.50. The minimum Gasteiger partial charge on any atom is -0.433 e. The summed E-state index contributed by atoms with van der Waals surface area (Å²) in [6.45, 7) is 0. The van der Waals surface area contributed by atoms with E-state index >= 15 is 0 Å². The molecule has 8 aromatic rings. The molecule has 0 unspecified atom stereocenters. The second-order valence-electron chi connectivity index (χ2n) is 10.3. The van der Waals surface area contributed by atoms with E-state index in [2.05, 4.69) is 39.2 Å². The number of benzene rings is 4. The van der Waals surface area contributed by atoms with Gasteiger partial charge in [-0.15, -0.1) is 0 Å². The molecule has 9 heteroatoms. The van der Waals surface area contributed by atoms with E-state index in [1.54, 1.807) is 6.20 Å². The second-order valence-corrected chi connectivity index (χ2v) is 11.0. The van der Waals surface area contributed by atoms with Crippen molar-refractivity contribution in [3.8, 4) is 56.4 Å². The molecule has 0 aliphatic heterocycles. The lowest BCUT2D eigenvalue weighted by Crippen LogP contribution is -2.00. The molecule has 0 amide bonds. The standard InChI is InChI=1S/C36H20Cl2N6O/c37-31-30-29(40-36(38)41-31)28-19-27(20-39-35(28)45-30)23-13-17-26(18-14-23)34-43-32(24-9-5-2-6-10-24)42-33(44-34)25-15-11-22(12-16-25)21-7-3-1-4-8-21/h1-20H. The van der Waals surface area contributed by atoms with Gasteiger partial charge in [-0.25, -0.2) is 29.9 Å². The van der Waals surface area contributed by atoms with Crippen molar-refractivity contribution in [2.24, 2.45) is 0 Å². The highest BCUT2D eigenvalue weighted by atomic mass is 35.5. The Morgan fingerprint density at radius 3 is 1.51 bits per heavy atom. The zero-order valence-electron chi connectivity index (χ0n) is 23.4. The van der Waals surface area contributed by atoms with Crippen LogP contribution in [0.2, 0.25) is 10.4 Å². The largest absolute Gasteiger partial charge is 0.433 e. The van der Waals surface area contributed by atoms with Crippen LogP contribution in [0.5, 0.6) is 0 Å². The van der Waals surface area contributed by atoms with E-state index in [4.69, 9.17) is 42.6 Å². The second kappa shape index (κ2) is 11.2. The van der Waals surface area contributed by atoms with E-state index in [1.807, 2.05) is 91.0 Å². The number of halogens is 2. The molecule has 0 N–H and O–H groups in total. The number of aromatic nitrogens is 6. The predicted molar refractivity (Wildman–Crippen MR) is 178 cm³/mol. The Morgan fingerprint density at radius 2 is 0.933 bits per heavy atom. The molecule has 0 atom stereocenters. The fraction of sp³-hybridized carbons (Fsp3) is 0. The highest BCUT2D eigenvalue weighted by molar-refractivity contribution is 6.36. The summed E-state index contributed by atoms with van der Waals surface area (Å²) in [5.74, 6) is 1.78. The van der Waals surface area contributed by atoms with Crippen molar-refractivity contribution in [2.75, 3.05) is 0 Å². The first-order chi connectivity index (χ1) is 22.1. The highest BCUT2D eigenvalue weighted by Crippen LogP contribution is 2.34. The molecule has 0 spiro atoms. The van der Waals surface area contributed by atoms with Gasteiger partial charge in [-0.1, -0.05) is 121 Å². The molecule has 7 nitrogen and oxygen atoms in total. The number of hydrogen-bond donors (Lipinski definition) is 0. The van der Waals surface area contributed by atoms with Gasteiger partial charge >= 0.3 is 0 Å². The van der Waals surface area contributed by atoms with Crippen molar-refractivity contribution in [1.82, 2.24) is 29.9 Å². The number of pyridine rings is 1. The lowest BCUT2D eigenvalue weighted by Gasteiger charge is -2.10. The SMILES string of the molecule is Clc1nc(Cl)c2oc3ncc(-c4ccc(-c5nc(-c6ccccc6)nc(-c6ccc(-c7ccccc7)cc6)n5)cc4)cc3c2n1. The Hall–Kier alpha value is -5.50. The summed E-state index contributed by atoms with van der Waals surface area (Å²) in [5, 5.41) is 0.891. The summed E-state index contributed by atoms with van der Waals surface area (Å²) >= 11 is 12.3. The van der Waals surface area contributed by atoms with E-state index in [0.29, 0.717) is 39.7 Å². The number of hydrogen-bond acceptors (Lipinski definition) is 7. The van der Waals surface area contributed by atoms with E-state index in [0.717, 1.165) is 38.9 Å². The van der Waals surface area contributed by atoms with E-state index < -0.39 is 0 Å². The van der Waals surface area contributed by atoms with Crippen molar-refractivity contribution in [3.63, 3.8) is 0 Å². The molecule has 4 heterocycles. The average molecular weight is 624 g/mol. The number of furan rings is 1. The zero-order chi connectivity index (χ0) is 30.3. The molecule has 4 aromatic carbocycles. The topological polar surface area (TPSA) is 90.5 Å². The minimum atomic E-state index is 0.0451. The quantitative estimate of drug-likeness (QED) is 0.139. The Kier molecular flexibility index (Phi) is 6.74. The van der Waals surface area contributed by atoms with Crippen LogP contribution in [0.3, 0.4) is 0 Å². The van der Waals surface area contributed by atoms with Crippen LogP contribution < -0.4 is 0 Å². The molecular formula is C36H20Cl2N6O. The van der Waals surface area contributed by atoms with Crippen LogP contribution in [-0.2, 0) is 0 Å². The van der Waals surface area contributed by atoms with Crippen LogP contribution in [0, 0.1) is 0 Å². The van der Waals surface area contributed by atoms with E-state index in [9.17, 15) is 0 Å². The van der Waals surface area contributed by atoms with Gasteiger partial charge in [0.05, 0.1) is 5.39 Å². The molecule has 0 saturated carbocycles. The van der Waals surface area contributed by atoms with Gasteiger partial charge in [0.1, 0.15) is 5.52 Å². The third-order valence-corrected chi connectivity index (χ3v) is 7.92. The van der Waals surface area contributed by atoms with Crippen LogP contribution in [0.25, 0.3) is 78.6 Å². The summed E-state index contributed by atoms with van der Waals surface area (Å²) in [5.41, 5.74) is 8.06. The molecule has 0 bridgehead atoms. The first kappa shape index (κ1) is 27.1. The molecule has 0 radical (unpaired) electrons. The van der Waals surface area contributed by atoms with Crippen molar-refractivity contribution >= 4 is 45.4 Å². The van der Waals surface area contributed by atoms with Gasteiger partial charge in [-0.2, -0.15) is 0 Å².